The van der Waals surface area contributed by atoms with Crippen LogP contribution in [0.3, 0.4) is 0 Å². The molecule has 0 aliphatic carbocycles. The minimum atomic E-state index is -0.464. The molecule has 0 aliphatic heterocycles. The van der Waals surface area contributed by atoms with Gasteiger partial charge >= 0.3 is 0 Å². The molecule has 0 bridgehead atoms. The van der Waals surface area contributed by atoms with Crippen LogP contribution in [0.5, 0.6) is 0 Å². The summed E-state index contributed by atoms with van der Waals surface area (Å²) in [6, 6.07) is 13.0. The van der Waals surface area contributed by atoms with Crippen LogP contribution >= 0.6 is 23.1 Å². The molecule has 0 unspecified atom stereocenters. The fourth-order valence-corrected chi connectivity index (χ4v) is 4.02. The van der Waals surface area contributed by atoms with Crippen molar-refractivity contribution in [3.63, 3.8) is 0 Å². The molecule has 0 aliphatic rings. The minimum Gasteiger partial charge on any atom is -0.399 e. The number of anilines is 1. The van der Waals surface area contributed by atoms with Gasteiger partial charge in [-0.2, -0.15) is 0 Å². The molecule has 2 aromatic carbocycles. The van der Waals surface area contributed by atoms with Gasteiger partial charge in [-0.15, -0.1) is 11.3 Å². The van der Waals surface area contributed by atoms with Crippen molar-refractivity contribution in [3.05, 3.63) is 48.0 Å². The fraction of sp³-hybridized carbons (Fsp3) is 0. The number of amides is 1. The van der Waals surface area contributed by atoms with Crippen molar-refractivity contribution in [2.24, 2.45) is 5.73 Å². The number of hydrogen-bond acceptors (Lipinski definition) is 5. The molecule has 20 heavy (non-hydrogen) atoms. The molecular formula is C14H11N3OS2. The molecule has 1 heterocycles. The monoisotopic (exact) mass is 301 g/mol. The lowest BCUT2D eigenvalue weighted by atomic mass is 10.2. The Morgan fingerprint density at radius 3 is 2.75 bits per heavy atom. The summed E-state index contributed by atoms with van der Waals surface area (Å²) in [4.78, 5) is 16.7. The highest BCUT2D eigenvalue weighted by Crippen LogP contribution is 2.36. The Morgan fingerprint density at radius 2 is 2.00 bits per heavy atom. The van der Waals surface area contributed by atoms with Crippen molar-refractivity contribution in [1.82, 2.24) is 4.98 Å². The molecule has 100 valence electrons. The first-order valence-corrected chi connectivity index (χ1v) is 7.49. The second kappa shape index (κ2) is 5.15. The maximum atomic E-state index is 11.4. The van der Waals surface area contributed by atoms with Gasteiger partial charge in [0.1, 0.15) is 0 Å². The molecule has 0 atom stereocenters. The SMILES string of the molecule is NC(=O)c1ccc(N)cc1Sc1nc2ccccc2s1. The van der Waals surface area contributed by atoms with E-state index in [1.807, 2.05) is 24.3 Å². The normalized spacial score (nSPS) is 10.8. The molecule has 1 amide bonds. The molecule has 3 rings (SSSR count). The van der Waals surface area contributed by atoms with Crippen LogP contribution in [0.2, 0.25) is 0 Å². The third kappa shape index (κ3) is 2.48. The van der Waals surface area contributed by atoms with Crippen LogP contribution in [0.15, 0.2) is 51.7 Å². The van der Waals surface area contributed by atoms with Gasteiger partial charge in [0.25, 0.3) is 0 Å². The summed E-state index contributed by atoms with van der Waals surface area (Å²) in [6.45, 7) is 0. The van der Waals surface area contributed by atoms with Crippen LogP contribution in [-0.2, 0) is 0 Å². The predicted octanol–water partition coefficient (Wildman–Crippen LogP) is 3.13. The van der Waals surface area contributed by atoms with E-state index in [9.17, 15) is 4.79 Å². The van der Waals surface area contributed by atoms with Crippen molar-refractivity contribution >= 4 is 44.9 Å². The molecular weight excluding hydrogens is 290 g/mol. The van der Waals surface area contributed by atoms with E-state index < -0.39 is 5.91 Å². The van der Waals surface area contributed by atoms with Crippen molar-refractivity contribution in [2.45, 2.75) is 9.24 Å². The summed E-state index contributed by atoms with van der Waals surface area (Å²) in [5.74, 6) is -0.464. The number of thiazole rings is 1. The van der Waals surface area contributed by atoms with Gasteiger partial charge in [-0.25, -0.2) is 4.98 Å². The van der Waals surface area contributed by atoms with Gasteiger partial charge < -0.3 is 11.5 Å². The maximum Gasteiger partial charge on any atom is 0.249 e. The Hall–Kier alpha value is -2.05. The summed E-state index contributed by atoms with van der Waals surface area (Å²) in [6.07, 6.45) is 0. The Morgan fingerprint density at radius 1 is 1.20 bits per heavy atom. The number of benzene rings is 2. The lowest BCUT2D eigenvalue weighted by Crippen LogP contribution is -2.12. The van der Waals surface area contributed by atoms with Gasteiger partial charge in [0.15, 0.2) is 4.34 Å². The molecule has 0 fully saturated rings. The van der Waals surface area contributed by atoms with Gasteiger partial charge in [0.05, 0.1) is 15.8 Å². The van der Waals surface area contributed by atoms with Gasteiger partial charge in [-0.1, -0.05) is 23.9 Å². The molecule has 0 saturated carbocycles. The van der Waals surface area contributed by atoms with E-state index in [1.54, 1.807) is 29.5 Å². The number of nitrogen functional groups attached to an aromatic ring is 1. The zero-order valence-corrected chi connectivity index (χ0v) is 12.0. The van der Waals surface area contributed by atoms with Crippen molar-refractivity contribution in [3.8, 4) is 0 Å². The van der Waals surface area contributed by atoms with Crippen LogP contribution in [0.1, 0.15) is 10.4 Å². The van der Waals surface area contributed by atoms with Crippen LogP contribution < -0.4 is 11.5 Å². The highest BCUT2D eigenvalue weighted by molar-refractivity contribution is 8.01. The smallest absolute Gasteiger partial charge is 0.249 e. The number of rotatable bonds is 3. The molecule has 3 aromatic rings. The molecule has 0 radical (unpaired) electrons. The van der Waals surface area contributed by atoms with Crippen molar-refractivity contribution < 1.29 is 4.79 Å². The van der Waals surface area contributed by atoms with E-state index in [-0.39, 0.29) is 0 Å². The summed E-state index contributed by atoms with van der Waals surface area (Å²) in [5.41, 5.74) is 13.2. The van der Waals surface area contributed by atoms with Crippen molar-refractivity contribution in [1.29, 1.82) is 0 Å². The second-order valence-corrected chi connectivity index (χ2v) is 6.49. The van der Waals surface area contributed by atoms with E-state index in [4.69, 9.17) is 11.5 Å². The van der Waals surface area contributed by atoms with E-state index in [0.717, 1.165) is 19.5 Å². The Balaban J connectivity index is 2.01. The molecule has 4 N–H and O–H groups in total. The third-order valence-corrected chi connectivity index (χ3v) is 4.90. The lowest BCUT2D eigenvalue weighted by molar-refractivity contribution is 0.0997. The van der Waals surface area contributed by atoms with Gasteiger partial charge in [-0.05, 0) is 30.3 Å². The van der Waals surface area contributed by atoms with E-state index in [2.05, 4.69) is 4.98 Å². The highest BCUT2D eigenvalue weighted by Gasteiger charge is 2.12. The number of nitrogens with two attached hydrogens (primary N) is 2. The number of primary amides is 1. The van der Waals surface area contributed by atoms with Gasteiger partial charge in [0, 0.05) is 10.6 Å². The summed E-state index contributed by atoms with van der Waals surface area (Å²) in [7, 11) is 0. The number of carbonyl (C=O) groups excluding carboxylic acids is 1. The molecule has 0 saturated heterocycles. The number of fused-ring (bicyclic) bond motifs is 1. The van der Waals surface area contributed by atoms with E-state index >= 15 is 0 Å². The topological polar surface area (TPSA) is 82.0 Å². The molecule has 0 spiro atoms. The minimum absolute atomic E-state index is 0.462. The van der Waals surface area contributed by atoms with Crippen molar-refractivity contribution in [2.75, 3.05) is 5.73 Å². The predicted molar refractivity (Wildman–Crippen MR) is 83.1 cm³/mol. The number of aromatic nitrogens is 1. The molecule has 1 aromatic heterocycles. The zero-order valence-electron chi connectivity index (χ0n) is 10.4. The van der Waals surface area contributed by atoms with Crippen LogP contribution in [0.25, 0.3) is 10.2 Å². The largest absolute Gasteiger partial charge is 0.399 e. The average Bonchev–Trinajstić information content (AvgIpc) is 2.80. The highest BCUT2D eigenvalue weighted by atomic mass is 32.2. The van der Waals surface area contributed by atoms with E-state index in [1.165, 1.54) is 11.8 Å². The number of carbonyl (C=O) groups is 1. The Labute approximate surface area is 123 Å². The summed E-state index contributed by atoms with van der Waals surface area (Å²) >= 11 is 2.99. The zero-order chi connectivity index (χ0) is 14.1. The first-order valence-electron chi connectivity index (χ1n) is 5.86. The van der Waals surface area contributed by atoms with Gasteiger partial charge in [0.2, 0.25) is 5.91 Å². The Kier molecular flexibility index (Phi) is 3.33. The number of nitrogens with zero attached hydrogens (tertiary/aromatic N) is 1. The average molecular weight is 301 g/mol. The fourth-order valence-electron chi connectivity index (χ4n) is 1.82. The van der Waals surface area contributed by atoms with Crippen LogP contribution in [-0.4, -0.2) is 10.9 Å². The standard InChI is InChI=1S/C14H11N3OS2/c15-8-5-6-9(13(16)18)12(7-8)20-14-17-10-3-1-2-4-11(10)19-14/h1-7H,15H2,(H2,16,18). The number of hydrogen-bond donors (Lipinski definition) is 2. The lowest BCUT2D eigenvalue weighted by Gasteiger charge is -2.05. The first-order chi connectivity index (χ1) is 9.63. The Bertz CT molecular complexity index is 765. The molecule has 6 heteroatoms. The maximum absolute atomic E-state index is 11.4. The quantitative estimate of drug-likeness (QED) is 0.728. The third-order valence-electron chi connectivity index (χ3n) is 2.74. The van der Waals surface area contributed by atoms with Gasteiger partial charge in [-0.3, -0.25) is 4.79 Å². The summed E-state index contributed by atoms with van der Waals surface area (Å²) < 4.78 is 1.97. The van der Waals surface area contributed by atoms with E-state index in [0.29, 0.717) is 11.3 Å². The first kappa shape index (κ1) is 13.0. The van der Waals surface area contributed by atoms with Crippen LogP contribution in [0, 0.1) is 0 Å². The molecule has 4 nitrogen and oxygen atoms in total. The van der Waals surface area contributed by atoms with Crippen LogP contribution in [0.4, 0.5) is 5.69 Å². The summed E-state index contributed by atoms with van der Waals surface area (Å²) in [5, 5.41) is 0. The number of para-hydroxylation sites is 1. The second-order valence-electron chi connectivity index (χ2n) is 4.17.